The van der Waals surface area contributed by atoms with Crippen LogP contribution < -0.4 is 21.2 Å². The first kappa shape index (κ1) is 90.2. The Bertz CT molecular complexity index is 9980. The van der Waals surface area contributed by atoms with Gasteiger partial charge >= 0.3 is 424 Å². The average molecular weight is 2030 g/mol. The van der Waals surface area contributed by atoms with Gasteiger partial charge in [0.05, 0.1) is 0 Å². The molecule has 0 bridgehead atoms. The quantitative estimate of drug-likeness (QED) is 0.0149. The zero-order chi connectivity index (χ0) is 101. The summed E-state index contributed by atoms with van der Waals surface area (Å²) >= 11 is -0.984. The first-order chi connectivity index (χ1) is 73.2. The predicted molar refractivity (Wildman–Crippen MR) is 619 cm³/mol. The minimum absolute atomic E-state index is 0.0773. The van der Waals surface area contributed by atoms with Crippen LogP contribution in [0.4, 0.5) is 0 Å². The van der Waals surface area contributed by atoms with Gasteiger partial charge in [-0.05, 0) is 132 Å². The van der Waals surface area contributed by atoms with Crippen LogP contribution >= 0.6 is 0 Å². The standard InChI is InChI=1S/C141H92IO7/c1-4-102-131(134(142-3)136(144)123(135(102)143)82(2)96-67-71-116-119(78-96)128(92-36-15-8-16-37-92)121-81-101(132-137(145)139(147)141(149)140(148)138(132)146)70-73-117(121)129(116)98-66-57-85-33-17-18-38-97(85)77-98)100-69-74-118-122(80-100)126(91-34-13-7-14-35-91)112-47-27-28-48-113(112)133(118)114-76-75-103(104-39-19-20-40-105(104)114)90-58-49-88(50-59-90)89-55-64-95(65-56-89)127-109-44-24-21-41-106(109)125(94-62-53-87(54-63-94)84-31-11-6-12-32-84)115-72-68-99(79-120(115)127)130-110-45-25-22-42-107(110)124(108-43-23-26-46-111(108)130)93-60-51-86(52-61-93)83-29-9-5-10-30-83/h4-81,143-149H,1-2H2,3H3/q-1. The average Bonchev–Trinajstić information content (AvgIpc) is 0.722. The van der Waals surface area contributed by atoms with Crippen molar-refractivity contribution in [1.82, 2.24) is 0 Å². The summed E-state index contributed by atoms with van der Waals surface area (Å²) in [6, 6.07) is 167. The van der Waals surface area contributed by atoms with E-state index in [0.29, 0.717) is 31.2 Å². The van der Waals surface area contributed by atoms with E-state index in [1.807, 2.05) is 66.7 Å². The van der Waals surface area contributed by atoms with E-state index >= 15 is 0 Å². The molecule has 0 fully saturated rings. The van der Waals surface area contributed by atoms with E-state index in [2.05, 4.69) is 400 Å². The summed E-state index contributed by atoms with van der Waals surface area (Å²) in [6.07, 6.45) is 1.69. The molecule has 7 nitrogen and oxygen atoms in total. The second-order valence-corrected chi connectivity index (χ2v) is 40.6. The van der Waals surface area contributed by atoms with Crippen LogP contribution in [-0.2, 0) is 0 Å². The molecule has 0 radical (unpaired) electrons. The van der Waals surface area contributed by atoms with Crippen LogP contribution in [-0.4, -0.2) is 40.7 Å². The molecule has 0 spiro atoms. The van der Waals surface area contributed by atoms with Gasteiger partial charge in [0, 0.05) is 0 Å². The number of benzene rings is 26. The third-order valence-corrected chi connectivity index (χ3v) is 32.6. The number of fused-ring (bicyclic) bond motifs is 10. The molecule has 706 valence electrons. The van der Waals surface area contributed by atoms with Crippen molar-refractivity contribution in [3.63, 3.8) is 0 Å². The molecule has 0 atom stereocenters. The van der Waals surface area contributed by atoms with E-state index in [1.54, 1.807) is 18.2 Å². The number of alkyl halides is 1. The van der Waals surface area contributed by atoms with Gasteiger partial charge < -0.3 is 25.5 Å². The molecule has 0 aliphatic rings. The van der Waals surface area contributed by atoms with Crippen molar-refractivity contribution in [3.05, 3.63) is 501 Å². The molecule has 0 aliphatic carbocycles. The molecular weight excluding hydrogens is 1930 g/mol. The van der Waals surface area contributed by atoms with Crippen LogP contribution in [0.2, 0.25) is 0 Å². The van der Waals surface area contributed by atoms with Crippen LogP contribution in [0.25, 0.3) is 275 Å². The molecule has 0 heterocycles. The van der Waals surface area contributed by atoms with Crippen LogP contribution in [0.15, 0.2) is 480 Å². The summed E-state index contributed by atoms with van der Waals surface area (Å²) in [5.74, 6) is -4.92. The molecule has 26 aromatic rings. The van der Waals surface area contributed by atoms with Gasteiger partial charge in [0.1, 0.15) is 0 Å². The molecule has 0 saturated heterocycles. The zero-order valence-corrected chi connectivity index (χ0v) is 83.1. The summed E-state index contributed by atoms with van der Waals surface area (Å²) in [4.78, 5) is 2.12. The first-order valence-corrected chi connectivity index (χ1v) is 53.2. The van der Waals surface area contributed by atoms with E-state index in [9.17, 15) is 35.7 Å². The number of rotatable bonds is 18. The van der Waals surface area contributed by atoms with Gasteiger partial charge in [-0.15, -0.1) is 0 Å². The minimum atomic E-state index is -1.06. The van der Waals surface area contributed by atoms with Crippen molar-refractivity contribution in [2.45, 2.75) is 0 Å². The number of halogens is 1. The first-order valence-electron chi connectivity index (χ1n) is 49.9. The summed E-state index contributed by atoms with van der Waals surface area (Å²) in [7, 11) is 0. The van der Waals surface area contributed by atoms with Gasteiger partial charge in [-0.25, -0.2) is 0 Å². The fraction of sp³-hybridized carbons (Fsp3) is 0.00709. The van der Waals surface area contributed by atoms with Gasteiger partial charge in [-0.3, -0.25) is 0 Å². The molecule has 0 aromatic heterocycles. The molecule has 0 unspecified atom stereocenters. The van der Waals surface area contributed by atoms with Gasteiger partial charge in [-0.1, -0.05) is 267 Å². The number of aromatic hydroxyl groups is 7. The van der Waals surface area contributed by atoms with E-state index < -0.39 is 50.0 Å². The maximum absolute atomic E-state index is 13.4. The van der Waals surface area contributed by atoms with Crippen LogP contribution in [0.3, 0.4) is 0 Å². The van der Waals surface area contributed by atoms with E-state index in [4.69, 9.17) is 6.58 Å². The second kappa shape index (κ2) is 36.8. The van der Waals surface area contributed by atoms with Crippen molar-refractivity contribution in [1.29, 1.82) is 0 Å². The van der Waals surface area contributed by atoms with Gasteiger partial charge in [-0.2, -0.15) is 0 Å². The second-order valence-electron chi connectivity index (χ2n) is 38.4. The van der Waals surface area contributed by atoms with Crippen molar-refractivity contribution < 1.29 is 57.0 Å². The third kappa shape index (κ3) is 15.0. The van der Waals surface area contributed by atoms with Gasteiger partial charge in [0.2, 0.25) is 17.2 Å². The molecule has 8 heteroatoms. The van der Waals surface area contributed by atoms with Gasteiger partial charge in [0.25, 0.3) is 0 Å². The van der Waals surface area contributed by atoms with E-state index in [1.165, 1.54) is 93.2 Å². The number of hydrogen-bond donors (Lipinski definition) is 7. The Morgan fingerprint density at radius 2 is 0.450 bits per heavy atom. The van der Waals surface area contributed by atoms with Crippen molar-refractivity contribution >= 4 is 119 Å². The Balaban J connectivity index is 0.572. The Labute approximate surface area is 870 Å². The Kier molecular flexibility index (Phi) is 22.2. The topological polar surface area (TPSA) is 142 Å². The fourth-order valence-electron chi connectivity index (χ4n) is 23.5. The Morgan fingerprint density at radius 1 is 0.188 bits per heavy atom. The van der Waals surface area contributed by atoms with Crippen LogP contribution in [0.5, 0.6) is 40.2 Å². The molecule has 26 aromatic carbocycles. The molecule has 0 amide bonds. The SMILES string of the molecule is C=Cc1c(O)c(C(=C)c2ccc3c(-c4ccc5ccccc5c4)c4ccc(-c5c(O)c(O)c(O)c(O)c5O)cc4c(-c4ccccc4)c3c2)c(O)c([I-]C)c1-c1ccc2c(-c3ccc(-c4ccc(-c5ccc(-c6c7ccccc7c(-c7ccc(-c8ccccc8)cc7)c7ccc(-c8c9ccccc9c(-c9ccc(-c%10ccccc%10)cc9)c9ccccc89)cc67)cc5)cc4)c4ccccc34)c3ccccc3c(-c3ccccc3)c2c1. The van der Waals surface area contributed by atoms with Crippen LogP contribution in [0, 0.1) is 3.57 Å². The zero-order valence-electron chi connectivity index (χ0n) is 81.0. The number of hydrogen-bond acceptors (Lipinski definition) is 7. The number of phenols is 7. The van der Waals surface area contributed by atoms with E-state index in [0.717, 1.165) is 148 Å². The monoisotopic (exact) mass is 2020 g/mol. The summed E-state index contributed by atoms with van der Waals surface area (Å²) in [5.41, 5.74) is 29.2. The molecule has 0 aliphatic heterocycles. The predicted octanol–water partition coefficient (Wildman–Crippen LogP) is 34.1. The van der Waals surface area contributed by atoms with Crippen molar-refractivity contribution in [2.24, 2.45) is 0 Å². The Hall–Kier alpha value is -18.9. The fourth-order valence-corrected chi connectivity index (χ4v) is 25.4. The molecule has 0 saturated carbocycles. The molecule has 7 N–H and O–H groups in total. The summed E-state index contributed by atoms with van der Waals surface area (Å²) < 4.78 is 0.697. The normalized spacial score (nSPS) is 11.7. The van der Waals surface area contributed by atoms with Crippen molar-refractivity contribution in [2.75, 3.05) is 4.93 Å². The maximum atomic E-state index is 13.4. The summed E-state index contributed by atoms with van der Waals surface area (Å²) in [6.45, 7) is 9.19. The van der Waals surface area contributed by atoms with Crippen LogP contribution in [0.1, 0.15) is 16.7 Å². The van der Waals surface area contributed by atoms with E-state index in [-0.39, 0.29) is 28.2 Å². The third-order valence-electron chi connectivity index (χ3n) is 30.4. The van der Waals surface area contributed by atoms with Crippen molar-refractivity contribution in [3.8, 4) is 196 Å². The molecule has 26 rings (SSSR count). The van der Waals surface area contributed by atoms with Gasteiger partial charge in [0.15, 0.2) is 11.5 Å². The summed E-state index contributed by atoms with van der Waals surface area (Å²) in [5, 5.41) is 103. The number of phenolic OH excluding ortho intramolecular Hbond substituents is 7. The molecular formula is C141H92IO7-. The Morgan fingerprint density at radius 3 is 0.866 bits per heavy atom. The molecule has 149 heavy (non-hydrogen) atoms.